The lowest BCUT2D eigenvalue weighted by Gasteiger charge is -2.11. The molecule has 0 radical (unpaired) electrons. The van der Waals surface area contributed by atoms with Crippen LogP contribution in [0.25, 0.3) is 0 Å². The van der Waals surface area contributed by atoms with Crippen molar-refractivity contribution in [3.63, 3.8) is 0 Å². The lowest BCUT2D eigenvalue weighted by molar-refractivity contribution is -0.684. The van der Waals surface area contributed by atoms with Gasteiger partial charge in [0.15, 0.2) is 0 Å². The summed E-state index contributed by atoms with van der Waals surface area (Å²) in [6.07, 6.45) is 8.19. The van der Waals surface area contributed by atoms with Crippen molar-refractivity contribution in [3.05, 3.63) is 10.1 Å². The predicted molar refractivity (Wildman–Crippen MR) is 61.4 cm³/mol. The van der Waals surface area contributed by atoms with Gasteiger partial charge < -0.3 is 10.2 Å². The van der Waals surface area contributed by atoms with Gasteiger partial charge in [-0.2, -0.15) is 0 Å². The lowest BCUT2D eigenvalue weighted by atomic mass is 10.1. The standard InChI is InChI=1S/C11H23NO4/c1-2-3-4-5-6-7-8-9-10-11(13,14)12(15)16/h13-14H,2-10H2,1H3. The van der Waals surface area contributed by atoms with E-state index in [1.165, 1.54) is 25.7 Å². The summed E-state index contributed by atoms with van der Waals surface area (Å²) in [7, 11) is 0. The van der Waals surface area contributed by atoms with Crippen molar-refractivity contribution in [2.24, 2.45) is 0 Å². The monoisotopic (exact) mass is 233 g/mol. The highest BCUT2D eigenvalue weighted by Crippen LogP contribution is 2.14. The average molecular weight is 233 g/mol. The van der Waals surface area contributed by atoms with Crippen LogP contribution in [0.3, 0.4) is 0 Å². The van der Waals surface area contributed by atoms with E-state index in [0.717, 1.165) is 19.3 Å². The molecule has 0 aliphatic heterocycles. The van der Waals surface area contributed by atoms with Crippen molar-refractivity contribution in [1.82, 2.24) is 0 Å². The summed E-state index contributed by atoms with van der Waals surface area (Å²) in [5.41, 5.74) is 0. The van der Waals surface area contributed by atoms with Crippen molar-refractivity contribution in [1.29, 1.82) is 0 Å². The summed E-state index contributed by atoms with van der Waals surface area (Å²) in [6.45, 7) is 2.17. The van der Waals surface area contributed by atoms with Crippen molar-refractivity contribution in [2.45, 2.75) is 70.6 Å². The maximum atomic E-state index is 10.2. The van der Waals surface area contributed by atoms with Gasteiger partial charge in [0.05, 0.1) is 11.3 Å². The van der Waals surface area contributed by atoms with E-state index in [2.05, 4.69) is 6.92 Å². The van der Waals surface area contributed by atoms with E-state index in [4.69, 9.17) is 10.2 Å². The summed E-state index contributed by atoms with van der Waals surface area (Å²) >= 11 is 0. The Morgan fingerprint density at radius 3 is 1.88 bits per heavy atom. The lowest BCUT2D eigenvalue weighted by Crippen LogP contribution is -2.37. The van der Waals surface area contributed by atoms with E-state index in [1.807, 2.05) is 0 Å². The number of nitrogens with zero attached hydrogens (tertiary/aromatic N) is 1. The topological polar surface area (TPSA) is 83.6 Å². The highest BCUT2D eigenvalue weighted by atomic mass is 16.7. The number of unbranched alkanes of at least 4 members (excludes halogenated alkanes) is 7. The molecule has 0 amide bonds. The number of hydrogen-bond donors (Lipinski definition) is 2. The molecule has 2 N–H and O–H groups in total. The fraction of sp³-hybridized carbons (Fsp3) is 1.00. The van der Waals surface area contributed by atoms with E-state index >= 15 is 0 Å². The molecule has 0 aromatic rings. The van der Waals surface area contributed by atoms with Gasteiger partial charge in [-0.15, -0.1) is 0 Å². The molecule has 5 nitrogen and oxygen atoms in total. The Kier molecular flexibility index (Phi) is 8.11. The first-order valence-corrected chi connectivity index (χ1v) is 6.10. The Balaban J connectivity index is 3.30. The second kappa shape index (κ2) is 8.47. The smallest absolute Gasteiger partial charge is 0.307 e. The van der Waals surface area contributed by atoms with Gasteiger partial charge in [-0.05, 0) is 6.42 Å². The second-order valence-electron chi connectivity index (χ2n) is 4.26. The zero-order valence-electron chi connectivity index (χ0n) is 10.0. The highest BCUT2D eigenvalue weighted by molar-refractivity contribution is 4.52. The van der Waals surface area contributed by atoms with Crippen molar-refractivity contribution >= 4 is 0 Å². The quantitative estimate of drug-likeness (QED) is 0.263. The Bertz CT molecular complexity index is 194. The molecule has 96 valence electrons. The SMILES string of the molecule is CCCCCCCCCCC(O)(O)[N+](=O)[O-]. The van der Waals surface area contributed by atoms with Crippen LogP contribution in [0.4, 0.5) is 0 Å². The van der Waals surface area contributed by atoms with Crippen molar-refractivity contribution in [2.75, 3.05) is 0 Å². The normalized spacial score (nSPS) is 11.7. The van der Waals surface area contributed by atoms with Gasteiger partial charge >= 0.3 is 5.91 Å². The number of aliphatic hydroxyl groups is 2. The molecule has 0 aromatic heterocycles. The minimum atomic E-state index is -2.73. The fourth-order valence-corrected chi connectivity index (χ4v) is 1.59. The van der Waals surface area contributed by atoms with E-state index in [9.17, 15) is 10.1 Å². The minimum Gasteiger partial charge on any atom is -0.307 e. The molecule has 0 saturated heterocycles. The molecule has 0 aliphatic carbocycles. The molecule has 5 heteroatoms. The van der Waals surface area contributed by atoms with Crippen LogP contribution in [0.15, 0.2) is 0 Å². The number of nitro groups is 1. The summed E-state index contributed by atoms with van der Waals surface area (Å²) in [5, 5.41) is 28.0. The van der Waals surface area contributed by atoms with Gasteiger partial charge in [-0.3, -0.25) is 10.1 Å². The van der Waals surface area contributed by atoms with Gasteiger partial charge in [0.1, 0.15) is 0 Å². The summed E-state index contributed by atoms with van der Waals surface area (Å²) in [4.78, 5) is 9.12. The van der Waals surface area contributed by atoms with Gasteiger partial charge in [0.25, 0.3) is 0 Å². The van der Waals surface area contributed by atoms with Gasteiger partial charge in [0.2, 0.25) is 0 Å². The summed E-state index contributed by atoms with van der Waals surface area (Å²) in [5.74, 6) is -2.73. The first-order valence-electron chi connectivity index (χ1n) is 6.10. The molecule has 0 heterocycles. The zero-order valence-corrected chi connectivity index (χ0v) is 10.0. The van der Waals surface area contributed by atoms with Crippen molar-refractivity contribution < 1.29 is 15.1 Å². The molecule has 0 rings (SSSR count). The van der Waals surface area contributed by atoms with Gasteiger partial charge in [-0.25, -0.2) is 0 Å². The van der Waals surface area contributed by atoms with Crippen molar-refractivity contribution in [3.8, 4) is 0 Å². The second-order valence-corrected chi connectivity index (χ2v) is 4.26. The summed E-state index contributed by atoms with van der Waals surface area (Å²) < 4.78 is 0. The van der Waals surface area contributed by atoms with E-state index < -0.39 is 10.8 Å². The van der Waals surface area contributed by atoms with Gasteiger partial charge in [-0.1, -0.05) is 51.9 Å². The third-order valence-corrected chi connectivity index (χ3v) is 2.66. The molecule has 0 unspecified atom stereocenters. The molecule has 0 atom stereocenters. The minimum absolute atomic E-state index is 0.186. The van der Waals surface area contributed by atoms with E-state index in [0.29, 0.717) is 6.42 Å². The zero-order chi connectivity index (χ0) is 12.4. The first-order chi connectivity index (χ1) is 7.50. The van der Waals surface area contributed by atoms with E-state index in [-0.39, 0.29) is 6.42 Å². The third-order valence-electron chi connectivity index (χ3n) is 2.66. The molecule has 0 saturated carbocycles. The Labute approximate surface area is 96.6 Å². The molecule has 0 aromatic carbocycles. The first kappa shape index (κ1) is 15.3. The van der Waals surface area contributed by atoms with Crippen LogP contribution in [-0.4, -0.2) is 21.0 Å². The Hall–Kier alpha value is -0.680. The predicted octanol–water partition coefficient (Wildman–Crippen LogP) is 2.43. The Morgan fingerprint density at radius 1 is 1.00 bits per heavy atom. The largest absolute Gasteiger partial charge is 0.437 e. The van der Waals surface area contributed by atoms with E-state index in [1.54, 1.807) is 0 Å². The van der Waals surface area contributed by atoms with Crippen LogP contribution < -0.4 is 0 Å². The molecule has 0 fully saturated rings. The highest BCUT2D eigenvalue weighted by Gasteiger charge is 2.36. The molecular weight excluding hydrogens is 210 g/mol. The van der Waals surface area contributed by atoms with Crippen LogP contribution in [-0.2, 0) is 0 Å². The van der Waals surface area contributed by atoms with Crippen LogP contribution in [0, 0.1) is 10.1 Å². The summed E-state index contributed by atoms with van der Waals surface area (Å²) in [6, 6.07) is 0. The molecule has 0 bridgehead atoms. The third kappa shape index (κ3) is 7.59. The van der Waals surface area contributed by atoms with Crippen LogP contribution in [0.1, 0.15) is 64.7 Å². The average Bonchev–Trinajstić information content (AvgIpc) is 2.21. The molecule has 0 aliphatic rings. The fourth-order valence-electron chi connectivity index (χ4n) is 1.59. The molecule has 16 heavy (non-hydrogen) atoms. The van der Waals surface area contributed by atoms with Crippen LogP contribution >= 0.6 is 0 Å². The molecule has 0 spiro atoms. The molecular formula is C11H23NO4. The van der Waals surface area contributed by atoms with Gasteiger partial charge in [0, 0.05) is 0 Å². The number of rotatable bonds is 10. The maximum absolute atomic E-state index is 10.2. The number of hydrogen-bond acceptors (Lipinski definition) is 4. The van der Waals surface area contributed by atoms with Crippen LogP contribution in [0.2, 0.25) is 0 Å². The maximum Gasteiger partial charge on any atom is 0.437 e. The van der Waals surface area contributed by atoms with Crippen LogP contribution in [0.5, 0.6) is 0 Å². The Morgan fingerprint density at radius 2 is 1.44 bits per heavy atom.